The first kappa shape index (κ1) is 10.2. The topological polar surface area (TPSA) is 17.1 Å². The van der Waals surface area contributed by atoms with E-state index in [2.05, 4.69) is 52.6 Å². The molecule has 2 aliphatic rings. The fourth-order valence-corrected chi connectivity index (χ4v) is 5.54. The van der Waals surface area contributed by atoms with Crippen molar-refractivity contribution in [2.75, 3.05) is 0 Å². The summed E-state index contributed by atoms with van der Waals surface area (Å²) in [5, 5.41) is 0. The summed E-state index contributed by atoms with van der Waals surface area (Å²) in [6, 6.07) is 0. The molecule has 2 aliphatic carbocycles. The minimum atomic E-state index is -0.448. The molecule has 0 amide bonds. The van der Waals surface area contributed by atoms with Gasteiger partial charge in [-0.3, -0.25) is 4.79 Å². The van der Waals surface area contributed by atoms with Crippen LogP contribution in [0.2, 0.25) is 0 Å². The number of alkyl halides is 2. The van der Waals surface area contributed by atoms with E-state index in [0.29, 0.717) is 11.7 Å². The van der Waals surface area contributed by atoms with Crippen molar-refractivity contribution in [1.82, 2.24) is 0 Å². The van der Waals surface area contributed by atoms with Gasteiger partial charge in [-0.1, -0.05) is 52.6 Å². The maximum atomic E-state index is 12.1. The highest BCUT2D eigenvalue weighted by Crippen LogP contribution is 2.70. The molecule has 2 saturated carbocycles. The number of Topliss-reactive ketones (excluding diaryl/α,β-unsaturated/α-hetero) is 1. The van der Waals surface area contributed by atoms with E-state index in [9.17, 15) is 4.79 Å². The quantitative estimate of drug-likeness (QED) is 0.626. The lowest BCUT2D eigenvalue weighted by Crippen LogP contribution is -2.36. The van der Waals surface area contributed by atoms with E-state index in [-0.39, 0.29) is 10.8 Å². The molecule has 0 aromatic rings. The van der Waals surface area contributed by atoms with Crippen molar-refractivity contribution in [1.29, 1.82) is 0 Å². The number of carbonyl (C=O) groups excluding carboxylic acids is 1. The molecule has 2 fully saturated rings. The van der Waals surface area contributed by atoms with Gasteiger partial charge < -0.3 is 0 Å². The number of rotatable bonds is 0. The van der Waals surface area contributed by atoms with Gasteiger partial charge in [-0.2, -0.15) is 0 Å². The van der Waals surface area contributed by atoms with Gasteiger partial charge in [0, 0.05) is 5.41 Å². The van der Waals surface area contributed by atoms with Crippen LogP contribution in [0, 0.1) is 16.7 Å². The fraction of sp³-hybridized carbons (Fsp3) is 0.900. The van der Waals surface area contributed by atoms with Crippen molar-refractivity contribution in [2.24, 2.45) is 16.7 Å². The standard InChI is InChI=1S/C10H14Br2O/c1-8(2)6-4-5-9(8,3)7(13)10(6,11)12/h6H,4-5H2,1-3H3/t6-,9-/m0/s1. The summed E-state index contributed by atoms with van der Waals surface area (Å²) in [6.45, 7) is 6.54. The lowest BCUT2D eigenvalue weighted by atomic mass is 9.70. The minimum Gasteiger partial charge on any atom is -0.296 e. The summed E-state index contributed by atoms with van der Waals surface area (Å²) in [4.78, 5) is 12.1. The second-order valence-corrected chi connectivity index (χ2v) is 8.66. The number of halogens is 2. The van der Waals surface area contributed by atoms with E-state index in [1.54, 1.807) is 0 Å². The van der Waals surface area contributed by atoms with Crippen molar-refractivity contribution in [3.63, 3.8) is 0 Å². The number of ketones is 1. The average Bonchev–Trinajstić information content (AvgIpc) is 2.26. The zero-order chi connectivity index (χ0) is 10.1. The van der Waals surface area contributed by atoms with Gasteiger partial charge in [-0.25, -0.2) is 0 Å². The Labute approximate surface area is 95.9 Å². The third-order valence-corrected chi connectivity index (χ3v) is 6.29. The molecule has 74 valence electrons. The second kappa shape index (κ2) is 2.41. The fourth-order valence-electron chi connectivity index (χ4n) is 3.07. The van der Waals surface area contributed by atoms with Crippen LogP contribution < -0.4 is 0 Å². The molecular formula is C10H14Br2O. The van der Waals surface area contributed by atoms with E-state index in [1.807, 2.05) is 0 Å². The zero-order valence-corrected chi connectivity index (χ0v) is 11.3. The largest absolute Gasteiger partial charge is 0.296 e. The van der Waals surface area contributed by atoms with Crippen molar-refractivity contribution >= 4 is 37.6 Å². The van der Waals surface area contributed by atoms with Crippen LogP contribution in [0.1, 0.15) is 33.6 Å². The summed E-state index contributed by atoms with van der Waals surface area (Å²) >= 11 is 7.09. The van der Waals surface area contributed by atoms with Crippen LogP contribution in [0.5, 0.6) is 0 Å². The molecular weight excluding hydrogens is 296 g/mol. The van der Waals surface area contributed by atoms with Crippen LogP contribution in [0.3, 0.4) is 0 Å². The molecule has 0 N–H and O–H groups in total. The third kappa shape index (κ3) is 0.909. The molecule has 0 heterocycles. The van der Waals surface area contributed by atoms with Gasteiger partial charge in [-0.05, 0) is 24.2 Å². The number of fused-ring (bicyclic) bond motifs is 2. The van der Waals surface area contributed by atoms with Crippen molar-refractivity contribution in [3.8, 4) is 0 Å². The van der Waals surface area contributed by atoms with Gasteiger partial charge in [0.2, 0.25) is 0 Å². The molecule has 0 unspecified atom stereocenters. The molecule has 3 heteroatoms. The Morgan fingerprint density at radius 2 is 1.85 bits per heavy atom. The smallest absolute Gasteiger partial charge is 0.166 e. The van der Waals surface area contributed by atoms with Crippen molar-refractivity contribution in [2.45, 2.75) is 36.8 Å². The number of hydrogen-bond acceptors (Lipinski definition) is 1. The molecule has 0 aromatic carbocycles. The van der Waals surface area contributed by atoms with E-state index in [4.69, 9.17) is 0 Å². The highest BCUT2D eigenvalue weighted by molar-refractivity contribution is 9.26. The molecule has 1 nitrogen and oxygen atoms in total. The third-order valence-electron chi connectivity index (χ3n) is 4.47. The molecule has 2 bridgehead atoms. The SMILES string of the molecule is CC1(C)[C@@H]2CC[C@@]1(C)C(=O)C2(Br)Br. The second-order valence-electron chi connectivity index (χ2n) is 5.10. The molecule has 0 spiro atoms. The highest BCUT2D eigenvalue weighted by atomic mass is 79.9. The van der Waals surface area contributed by atoms with E-state index < -0.39 is 3.23 Å². The first-order chi connectivity index (χ1) is 5.74. The highest BCUT2D eigenvalue weighted by Gasteiger charge is 2.71. The monoisotopic (exact) mass is 308 g/mol. The Bertz CT molecular complexity index is 283. The molecule has 0 aliphatic heterocycles. The van der Waals surface area contributed by atoms with Gasteiger partial charge in [-0.15, -0.1) is 0 Å². The summed E-state index contributed by atoms with van der Waals surface area (Å²) in [6.07, 6.45) is 2.19. The molecule has 2 atom stereocenters. The van der Waals surface area contributed by atoms with Crippen LogP contribution in [-0.2, 0) is 4.79 Å². The van der Waals surface area contributed by atoms with Crippen molar-refractivity contribution < 1.29 is 4.79 Å². The summed E-state index contributed by atoms with van der Waals surface area (Å²) < 4.78 is -0.448. The summed E-state index contributed by atoms with van der Waals surface area (Å²) in [5.41, 5.74) is -0.0122. The Kier molecular flexibility index (Phi) is 1.88. The van der Waals surface area contributed by atoms with Crippen LogP contribution >= 0.6 is 31.9 Å². The molecule has 0 radical (unpaired) electrons. The number of hydrogen-bond donors (Lipinski definition) is 0. The number of carbonyl (C=O) groups is 1. The van der Waals surface area contributed by atoms with Gasteiger partial charge in [0.1, 0.15) is 3.23 Å². The van der Waals surface area contributed by atoms with E-state index in [0.717, 1.165) is 12.8 Å². The maximum Gasteiger partial charge on any atom is 0.166 e. The molecule has 0 aromatic heterocycles. The molecule has 13 heavy (non-hydrogen) atoms. The summed E-state index contributed by atoms with van der Waals surface area (Å²) in [7, 11) is 0. The normalized spacial score (nSPS) is 45.6. The predicted molar refractivity (Wildman–Crippen MR) is 60.2 cm³/mol. The lowest BCUT2D eigenvalue weighted by Gasteiger charge is -2.31. The first-order valence-electron chi connectivity index (χ1n) is 4.67. The van der Waals surface area contributed by atoms with E-state index >= 15 is 0 Å². The molecule has 2 rings (SSSR count). The zero-order valence-electron chi connectivity index (χ0n) is 8.16. The van der Waals surface area contributed by atoms with Gasteiger partial charge in [0.05, 0.1) is 0 Å². The van der Waals surface area contributed by atoms with Gasteiger partial charge in [0.25, 0.3) is 0 Å². The van der Waals surface area contributed by atoms with Crippen LogP contribution in [0.4, 0.5) is 0 Å². The average molecular weight is 310 g/mol. The summed E-state index contributed by atoms with van der Waals surface area (Å²) in [5.74, 6) is 0.763. The van der Waals surface area contributed by atoms with Crippen molar-refractivity contribution in [3.05, 3.63) is 0 Å². The van der Waals surface area contributed by atoms with Gasteiger partial charge >= 0.3 is 0 Å². The van der Waals surface area contributed by atoms with Crippen LogP contribution in [0.25, 0.3) is 0 Å². The maximum absolute atomic E-state index is 12.1. The Morgan fingerprint density at radius 1 is 1.31 bits per heavy atom. The Balaban J connectivity index is 2.58. The predicted octanol–water partition coefficient (Wildman–Crippen LogP) is 3.50. The Hall–Kier alpha value is 0.630. The Morgan fingerprint density at radius 3 is 2.08 bits per heavy atom. The van der Waals surface area contributed by atoms with Crippen LogP contribution in [0.15, 0.2) is 0 Å². The first-order valence-corrected chi connectivity index (χ1v) is 6.26. The van der Waals surface area contributed by atoms with E-state index in [1.165, 1.54) is 0 Å². The minimum absolute atomic E-state index is 0.122. The van der Waals surface area contributed by atoms with Gasteiger partial charge in [0.15, 0.2) is 5.78 Å². The molecule has 0 saturated heterocycles. The van der Waals surface area contributed by atoms with Crippen LogP contribution in [-0.4, -0.2) is 9.02 Å². The lowest BCUT2D eigenvalue weighted by molar-refractivity contribution is -0.128.